The Morgan fingerprint density at radius 3 is 2.20 bits per heavy atom. The first-order valence-corrected chi connectivity index (χ1v) is 12.4. The van der Waals surface area contributed by atoms with E-state index in [1.807, 2.05) is 37.3 Å². The standard InChI is InChI=1S/C26H27N3O5S/c1-20-7-14-24(15-8-20)35(33,34)28-26(31)29(18-17-21-5-3-2-4-6-21)19-23-11-9-22(10-12-23)13-16-25(30)27-32/h2-16,32H,17-19H2,1H3,(H,27,30)(H,28,31). The Kier molecular flexibility index (Phi) is 8.77. The Bertz CT molecular complexity index is 1270. The number of amides is 3. The summed E-state index contributed by atoms with van der Waals surface area (Å²) in [6.07, 6.45) is 3.27. The van der Waals surface area contributed by atoms with Gasteiger partial charge < -0.3 is 4.90 Å². The Labute approximate surface area is 204 Å². The zero-order chi connectivity index (χ0) is 25.3. The van der Waals surface area contributed by atoms with E-state index in [9.17, 15) is 18.0 Å². The zero-order valence-electron chi connectivity index (χ0n) is 19.2. The second-order valence-electron chi connectivity index (χ2n) is 7.93. The van der Waals surface area contributed by atoms with Gasteiger partial charge in [0.25, 0.3) is 15.9 Å². The number of benzene rings is 3. The van der Waals surface area contributed by atoms with E-state index in [1.165, 1.54) is 34.7 Å². The van der Waals surface area contributed by atoms with Gasteiger partial charge in [-0.15, -0.1) is 0 Å². The van der Waals surface area contributed by atoms with Gasteiger partial charge in [-0.05, 0) is 48.2 Å². The Balaban J connectivity index is 1.76. The summed E-state index contributed by atoms with van der Waals surface area (Å²) in [7, 11) is -4.03. The summed E-state index contributed by atoms with van der Waals surface area (Å²) in [5.41, 5.74) is 4.96. The number of aryl methyl sites for hydroxylation is 1. The van der Waals surface area contributed by atoms with Gasteiger partial charge in [0.05, 0.1) is 4.90 Å². The summed E-state index contributed by atoms with van der Waals surface area (Å²) in [4.78, 5) is 25.7. The lowest BCUT2D eigenvalue weighted by atomic mass is 10.1. The second-order valence-corrected chi connectivity index (χ2v) is 9.61. The number of nitrogens with zero attached hydrogens (tertiary/aromatic N) is 1. The fourth-order valence-corrected chi connectivity index (χ4v) is 4.25. The number of hydroxylamine groups is 1. The smallest absolute Gasteiger partial charge is 0.319 e. The van der Waals surface area contributed by atoms with Gasteiger partial charge in [0, 0.05) is 19.2 Å². The van der Waals surface area contributed by atoms with Crippen LogP contribution in [0.5, 0.6) is 0 Å². The van der Waals surface area contributed by atoms with Gasteiger partial charge in [-0.25, -0.2) is 23.4 Å². The number of hydrogen-bond donors (Lipinski definition) is 3. The molecular formula is C26H27N3O5S. The molecule has 0 bridgehead atoms. The van der Waals surface area contributed by atoms with Crippen molar-refractivity contribution in [2.24, 2.45) is 0 Å². The Hall–Kier alpha value is -3.95. The summed E-state index contributed by atoms with van der Waals surface area (Å²) in [5, 5.41) is 8.57. The zero-order valence-corrected chi connectivity index (χ0v) is 20.0. The van der Waals surface area contributed by atoms with Crippen LogP contribution in [0.1, 0.15) is 22.3 Å². The monoisotopic (exact) mass is 493 g/mol. The number of sulfonamides is 1. The third-order valence-corrected chi connectivity index (χ3v) is 6.58. The van der Waals surface area contributed by atoms with Gasteiger partial charge in [-0.1, -0.05) is 72.3 Å². The van der Waals surface area contributed by atoms with Crippen molar-refractivity contribution in [2.75, 3.05) is 6.54 Å². The molecule has 3 amide bonds. The fraction of sp³-hybridized carbons (Fsp3) is 0.154. The van der Waals surface area contributed by atoms with Crippen LogP contribution >= 0.6 is 0 Å². The predicted molar refractivity (Wildman–Crippen MR) is 133 cm³/mol. The van der Waals surface area contributed by atoms with Crippen LogP contribution in [0, 0.1) is 6.92 Å². The van der Waals surface area contributed by atoms with Crippen LogP contribution in [0.2, 0.25) is 0 Å². The average molecular weight is 494 g/mol. The molecule has 182 valence electrons. The topological polar surface area (TPSA) is 116 Å². The van der Waals surface area contributed by atoms with Gasteiger partial charge in [-0.3, -0.25) is 10.0 Å². The van der Waals surface area contributed by atoms with Gasteiger partial charge >= 0.3 is 6.03 Å². The first-order chi connectivity index (χ1) is 16.8. The van der Waals surface area contributed by atoms with E-state index in [0.717, 1.165) is 22.3 Å². The highest BCUT2D eigenvalue weighted by atomic mass is 32.2. The third kappa shape index (κ3) is 7.80. The van der Waals surface area contributed by atoms with Crippen LogP contribution in [-0.4, -0.2) is 37.0 Å². The third-order valence-electron chi connectivity index (χ3n) is 5.24. The Morgan fingerprint density at radius 2 is 1.57 bits per heavy atom. The quantitative estimate of drug-likeness (QED) is 0.239. The molecule has 0 saturated carbocycles. The van der Waals surface area contributed by atoms with E-state index in [4.69, 9.17) is 5.21 Å². The van der Waals surface area contributed by atoms with Crippen LogP contribution in [0.4, 0.5) is 4.79 Å². The molecule has 3 N–H and O–H groups in total. The molecule has 3 rings (SSSR count). The van der Waals surface area contributed by atoms with E-state index < -0.39 is 22.0 Å². The van der Waals surface area contributed by atoms with Crippen LogP contribution in [0.15, 0.2) is 89.8 Å². The minimum Gasteiger partial charge on any atom is -0.319 e. The van der Waals surface area contributed by atoms with Crippen molar-refractivity contribution >= 4 is 28.0 Å². The van der Waals surface area contributed by atoms with Crippen molar-refractivity contribution in [1.82, 2.24) is 15.1 Å². The molecule has 0 aliphatic heterocycles. The molecule has 3 aromatic rings. The molecule has 0 aliphatic rings. The van der Waals surface area contributed by atoms with E-state index >= 15 is 0 Å². The van der Waals surface area contributed by atoms with Crippen molar-refractivity contribution in [2.45, 2.75) is 24.8 Å². The Morgan fingerprint density at radius 1 is 0.914 bits per heavy atom. The lowest BCUT2D eigenvalue weighted by molar-refractivity contribution is -0.124. The minimum atomic E-state index is -4.03. The highest BCUT2D eigenvalue weighted by Crippen LogP contribution is 2.14. The van der Waals surface area contributed by atoms with E-state index in [0.29, 0.717) is 13.0 Å². The summed E-state index contributed by atoms with van der Waals surface area (Å²) in [6.45, 7) is 2.34. The molecule has 0 unspecified atom stereocenters. The average Bonchev–Trinajstić information content (AvgIpc) is 2.86. The molecule has 0 atom stereocenters. The van der Waals surface area contributed by atoms with E-state index in [-0.39, 0.29) is 11.4 Å². The van der Waals surface area contributed by atoms with Crippen LogP contribution in [-0.2, 0) is 27.8 Å². The summed E-state index contributed by atoms with van der Waals surface area (Å²) >= 11 is 0. The molecule has 35 heavy (non-hydrogen) atoms. The largest absolute Gasteiger partial charge is 0.331 e. The maximum atomic E-state index is 13.1. The molecule has 0 spiro atoms. The fourth-order valence-electron chi connectivity index (χ4n) is 3.28. The number of carbonyl (C=O) groups excluding carboxylic acids is 2. The van der Waals surface area contributed by atoms with Crippen molar-refractivity contribution in [3.8, 4) is 0 Å². The van der Waals surface area contributed by atoms with Crippen molar-refractivity contribution in [3.63, 3.8) is 0 Å². The lowest BCUT2D eigenvalue weighted by Gasteiger charge is -2.23. The molecular weight excluding hydrogens is 466 g/mol. The summed E-state index contributed by atoms with van der Waals surface area (Å²) in [5.74, 6) is -0.646. The first-order valence-electron chi connectivity index (χ1n) is 10.9. The molecule has 3 aromatic carbocycles. The molecule has 0 fully saturated rings. The van der Waals surface area contributed by atoms with Gasteiger partial charge in [0.15, 0.2) is 0 Å². The number of urea groups is 1. The first kappa shape index (κ1) is 25.7. The predicted octanol–water partition coefficient (Wildman–Crippen LogP) is 3.66. The molecule has 9 heteroatoms. The van der Waals surface area contributed by atoms with Crippen molar-refractivity contribution < 1.29 is 23.2 Å². The number of carbonyl (C=O) groups is 2. The van der Waals surface area contributed by atoms with Crippen molar-refractivity contribution in [3.05, 3.63) is 107 Å². The van der Waals surface area contributed by atoms with Gasteiger partial charge in [-0.2, -0.15) is 0 Å². The molecule has 0 aromatic heterocycles. The summed E-state index contributed by atoms with van der Waals surface area (Å²) < 4.78 is 27.7. The molecule has 0 aliphatic carbocycles. The van der Waals surface area contributed by atoms with Gasteiger partial charge in [0.2, 0.25) is 0 Å². The second kappa shape index (κ2) is 12.0. The van der Waals surface area contributed by atoms with E-state index in [1.54, 1.807) is 36.4 Å². The maximum Gasteiger partial charge on any atom is 0.331 e. The molecule has 8 nitrogen and oxygen atoms in total. The SMILES string of the molecule is Cc1ccc(S(=O)(=O)NC(=O)N(CCc2ccccc2)Cc2ccc(C=CC(=O)NO)cc2)cc1. The highest BCUT2D eigenvalue weighted by molar-refractivity contribution is 7.90. The number of hydrogen-bond acceptors (Lipinski definition) is 5. The van der Waals surface area contributed by atoms with Crippen LogP contribution in [0.3, 0.4) is 0 Å². The number of nitrogens with one attached hydrogen (secondary N) is 2. The van der Waals surface area contributed by atoms with Crippen LogP contribution < -0.4 is 10.2 Å². The van der Waals surface area contributed by atoms with Crippen molar-refractivity contribution in [1.29, 1.82) is 0 Å². The van der Waals surface area contributed by atoms with E-state index in [2.05, 4.69) is 4.72 Å². The molecule has 0 radical (unpaired) electrons. The molecule has 0 saturated heterocycles. The van der Waals surface area contributed by atoms with Crippen LogP contribution in [0.25, 0.3) is 6.08 Å². The van der Waals surface area contributed by atoms with Gasteiger partial charge in [0.1, 0.15) is 0 Å². The summed E-state index contributed by atoms with van der Waals surface area (Å²) in [6, 6.07) is 22.2. The highest BCUT2D eigenvalue weighted by Gasteiger charge is 2.22. The molecule has 0 heterocycles. The minimum absolute atomic E-state index is 0.0162. The lowest BCUT2D eigenvalue weighted by Crippen LogP contribution is -2.43. The maximum absolute atomic E-state index is 13.1. The normalized spacial score (nSPS) is 11.3. The number of rotatable bonds is 9.